The Balaban J connectivity index is 2.34. The zero-order valence-corrected chi connectivity index (χ0v) is 25.8. The van der Waals surface area contributed by atoms with E-state index in [-0.39, 0.29) is 19.0 Å². The second-order valence-electron chi connectivity index (χ2n) is 11.8. The summed E-state index contributed by atoms with van der Waals surface area (Å²) in [5.74, 6) is 0.935. The van der Waals surface area contributed by atoms with Crippen molar-refractivity contribution in [2.45, 2.75) is 154 Å². The number of hydrogen-bond acceptors (Lipinski definition) is 5. The van der Waals surface area contributed by atoms with Crippen LogP contribution in [0.5, 0.6) is 0 Å². The van der Waals surface area contributed by atoms with Gasteiger partial charge in [0.05, 0.1) is 44.5 Å². The summed E-state index contributed by atoms with van der Waals surface area (Å²) >= 11 is 0. The van der Waals surface area contributed by atoms with Crippen LogP contribution in [-0.2, 0) is 19.3 Å². The SMILES string of the molecule is O=S(=O)(CCOCCOCCO)CCC1CCCCCCCCCCCCCCCCCCCCCCC1. The third-order valence-corrected chi connectivity index (χ3v) is 9.85. The molecule has 1 aliphatic rings. The Bertz CT molecular complexity index is 556. The zero-order chi connectivity index (χ0) is 27.4. The quantitative estimate of drug-likeness (QED) is 0.257. The highest BCUT2D eigenvalue weighted by Crippen LogP contribution is 2.23. The van der Waals surface area contributed by atoms with Crippen LogP contribution in [0.3, 0.4) is 0 Å². The van der Waals surface area contributed by atoms with Crippen molar-refractivity contribution < 1.29 is 23.0 Å². The molecule has 1 N–H and O–H groups in total. The Morgan fingerprint density at radius 1 is 0.474 bits per heavy atom. The van der Waals surface area contributed by atoms with Gasteiger partial charge in [-0.1, -0.05) is 148 Å². The van der Waals surface area contributed by atoms with Gasteiger partial charge in [0.25, 0.3) is 0 Å². The molecule has 0 saturated heterocycles. The van der Waals surface area contributed by atoms with Crippen molar-refractivity contribution >= 4 is 9.84 Å². The fourth-order valence-electron chi connectivity index (χ4n) is 5.68. The third kappa shape index (κ3) is 24.8. The van der Waals surface area contributed by atoms with Gasteiger partial charge < -0.3 is 14.6 Å². The Morgan fingerprint density at radius 2 is 0.816 bits per heavy atom. The number of sulfone groups is 1. The van der Waals surface area contributed by atoms with Crippen LogP contribution in [0.15, 0.2) is 0 Å². The lowest BCUT2D eigenvalue weighted by molar-refractivity contribution is 0.0375. The van der Waals surface area contributed by atoms with Gasteiger partial charge in [-0.3, -0.25) is 0 Å². The molecule has 0 aromatic carbocycles. The van der Waals surface area contributed by atoms with Crippen molar-refractivity contribution in [2.75, 3.05) is 44.5 Å². The van der Waals surface area contributed by atoms with Crippen molar-refractivity contribution in [2.24, 2.45) is 5.92 Å². The predicted octanol–water partition coefficient (Wildman–Crippen LogP) is 8.42. The molecule has 0 amide bonds. The summed E-state index contributed by atoms with van der Waals surface area (Å²) in [7, 11) is -3.08. The molecule has 1 saturated carbocycles. The van der Waals surface area contributed by atoms with Gasteiger partial charge >= 0.3 is 0 Å². The van der Waals surface area contributed by atoms with Crippen molar-refractivity contribution in [3.8, 4) is 0 Å². The van der Waals surface area contributed by atoms with E-state index in [1.807, 2.05) is 0 Å². The summed E-state index contributed by atoms with van der Waals surface area (Å²) in [5, 5.41) is 8.70. The Morgan fingerprint density at radius 3 is 1.18 bits per heavy atom. The largest absolute Gasteiger partial charge is 0.394 e. The van der Waals surface area contributed by atoms with Gasteiger partial charge in [-0.05, 0) is 12.3 Å². The van der Waals surface area contributed by atoms with Gasteiger partial charge in [-0.25, -0.2) is 8.42 Å². The molecule has 0 unspecified atom stereocenters. The fourth-order valence-corrected chi connectivity index (χ4v) is 6.95. The lowest BCUT2D eigenvalue weighted by Crippen LogP contribution is -2.19. The maximum atomic E-state index is 12.6. The molecule has 0 heterocycles. The van der Waals surface area contributed by atoms with Gasteiger partial charge in [0.15, 0.2) is 9.84 Å². The average Bonchev–Trinajstić information content (AvgIpc) is 2.90. The molecule has 38 heavy (non-hydrogen) atoms. The fraction of sp³-hybridized carbons (Fsp3) is 1.00. The molecule has 0 bridgehead atoms. The molecule has 1 aliphatic carbocycles. The van der Waals surface area contributed by atoms with Crippen LogP contribution in [-0.4, -0.2) is 58.1 Å². The van der Waals surface area contributed by atoms with E-state index < -0.39 is 9.84 Å². The van der Waals surface area contributed by atoms with E-state index in [4.69, 9.17) is 14.6 Å². The van der Waals surface area contributed by atoms with E-state index in [2.05, 4.69) is 0 Å². The highest BCUT2D eigenvalue weighted by Gasteiger charge is 2.16. The molecule has 0 aromatic rings. The lowest BCUT2D eigenvalue weighted by atomic mass is 9.92. The number of ether oxygens (including phenoxy) is 2. The molecule has 0 aromatic heterocycles. The molecule has 1 fully saturated rings. The first-order valence-electron chi connectivity index (χ1n) is 16.6. The number of hydrogen-bond donors (Lipinski definition) is 1. The van der Waals surface area contributed by atoms with Gasteiger partial charge in [0.1, 0.15) is 0 Å². The molecule has 1 rings (SSSR count). The van der Waals surface area contributed by atoms with E-state index in [1.54, 1.807) is 0 Å². The van der Waals surface area contributed by atoms with Gasteiger partial charge in [0, 0.05) is 0 Å². The second kappa shape index (κ2) is 27.0. The van der Waals surface area contributed by atoms with Crippen molar-refractivity contribution in [3.63, 3.8) is 0 Å². The minimum Gasteiger partial charge on any atom is -0.394 e. The highest BCUT2D eigenvalue weighted by molar-refractivity contribution is 7.91. The van der Waals surface area contributed by atoms with E-state index in [1.165, 1.54) is 148 Å². The van der Waals surface area contributed by atoms with Crippen LogP contribution in [0, 0.1) is 5.92 Å². The highest BCUT2D eigenvalue weighted by atomic mass is 32.2. The molecule has 228 valence electrons. The zero-order valence-electron chi connectivity index (χ0n) is 25.0. The number of aliphatic hydroxyl groups excluding tert-OH is 1. The Hall–Kier alpha value is -0.170. The summed E-state index contributed by atoms with van der Waals surface area (Å²) < 4.78 is 35.7. The monoisotopic (exact) mass is 560 g/mol. The standard InChI is InChI=1S/C32H64O5S/c33-25-26-36-27-28-37-29-31-38(34,35)30-24-32-22-20-18-16-14-12-10-8-6-4-2-1-3-5-7-9-11-13-15-17-19-21-23-32/h32-33H,1-31H2. The smallest absolute Gasteiger partial charge is 0.152 e. The van der Waals surface area contributed by atoms with Crippen LogP contribution >= 0.6 is 0 Å². The Labute approximate surface area is 237 Å². The first-order chi connectivity index (χ1) is 18.6. The molecular weight excluding hydrogens is 496 g/mol. The van der Waals surface area contributed by atoms with Gasteiger partial charge in [-0.2, -0.15) is 0 Å². The van der Waals surface area contributed by atoms with E-state index in [0.29, 0.717) is 31.5 Å². The maximum absolute atomic E-state index is 12.6. The van der Waals surface area contributed by atoms with Crippen molar-refractivity contribution in [3.05, 3.63) is 0 Å². The first-order valence-corrected chi connectivity index (χ1v) is 18.4. The van der Waals surface area contributed by atoms with Crippen molar-refractivity contribution in [1.82, 2.24) is 0 Å². The van der Waals surface area contributed by atoms with Crippen LogP contribution in [0.1, 0.15) is 154 Å². The minimum absolute atomic E-state index is 0.00442. The second-order valence-corrected chi connectivity index (χ2v) is 14.1. The van der Waals surface area contributed by atoms with E-state index in [0.717, 1.165) is 6.42 Å². The molecule has 0 atom stereocenters. The maximum Gasteiger partial charge on any atom is 0.152 e. The van der Waals surface area contributed by atoms with Crippen molar-refractivity contribution in [1.29, 1.82) is 0 Å². The topological polar surface area (TPSA) is 72.8 Å². The number of aliphatic hydroxyl groups is 1. The normalized spacial score (nSPS) is 20.6. The van der Waals surface area contributed by atoms with Gasteiger partial charge in [0.2, 0.25) is 0 Å². The number of rotatable bonds is 11. The summed E-state index contributed by atoms with van der Waals surface area (Å²) in [6.45, 7) is 1.29. The lowest BCUT2D eigenvalue weighted by Gasteiger charge is -2.17. The van der Waals surface area contributed by atoms with Crippen LogP contribution in [0.2, 0.25) is 0 Å². The summed E-state index contributed by atoms with van der Waals surface area (Å²) in [6, 6.07) is 0. The van der Waals surface area contributed by atoms with Crippen LogP contribution < -0.4 is 0 Å². The summed E-state index contributed by atoms with van der Waals surface area (Å²) in [6.07, 6.45) is 32.2. The average molecular weight is 561 g/mol. The van der Waals surface area contributed by atoms with Gasteiger partial charge in [-0.15, -0.1) is 0 Å². The molecular formula is C32H64O5S. The molecule has 0 radical (unpaired) electrons. The molecule has 0 spiro atoms. The Kier molecular flexibility index (Phi) is 25.5. The first kappa shape index (κ1) is 35.9. The van der Waals surface area contributed by atoms with Crippen LogP contribution in [0.4, 0.5) is 0 Å². The van der Waals surface area contributed by atoms with E-state index in [9.17, 15) is 8.42 Å². The molecule has 0 aliphatic heterocycles. The predicted molar refractivity (Wildman–Crippen MR) is 162 cm³/mol. The molecule has 6 heteroatoms. The van der Waals surface area contributed by atoms with E-state index >= 15 is 0 Å². The molecule has 5 nitrogen and oxygen atoms in total. The van der Waals surface area contributed by atoms with Crippen LogP contribution in [0.25, 0.3) is 0 Å². The summed E-state index contributed by atoms with van der Waals surface area (Å²) in [4.78, 5) is 0. The summed E-state index contributed by atoms with van der Waals surface area (Å²) in [5.41, 5.74) is 0. The third-order valence-electron chi connectivity index (χ3n) is 8.21. The minimum atomic E-state index is -3.08.